The molecule has 4 bridgehead atoms. The van der Waals surface area contributed by atoms with Gasteiger partial charge in [-0.2, -0.15) is 0 Å². The van der Waals surface area contributed by atoms with Crippen LogP contribution in [0.15, 0.2) is 23.1 Å². The van der Waals surface area contributed by atoms with Gasteiger partial charge < -0.3 is 10.6 Å². The zero-order valence-electron chi connectivity index (χ0n) is 15.9. The Balaban J connectivity index is 1.33. The first-order valence-corrected chi connectivity index (χ1v) is 11.4. The van der Waals surface area contributed by atoms with Crippen molar-refractivity contribution in [2.24, 2.45) is 23.2 Å². The predicted molar refractivity (Wildman–Crippen MR) is 108 cm³/mol. The van der Waals surface area contributed by atoms with Crippen molar-refractivity contribution in [3.05, 3.63) is 23.8 Å². The van der Waals surface area contributed by atoms with Crippen LogP contribution < -0.4 is 10.6 Å². The van der Waals surface area contributed by atoms with Crippen LogP contribution in [-0.4, -0.2) is 23.6 Å². The summed E-state index contributed by atoms with van der Waals surface area (Å²) in [5.41, 5.74) is 1.73. The molecule has 144 valence electrons. The van der Waals surface area contributed by atoms with E-state index in [0.29, 0.717) is 17.4 Å². The van der Waals surface area contributed by atoms with E-state index in [-0.39, 0.29) is 17.9 Å². The lowest BCUT2D eigenvalue weighted by molar-refractivity contribution is -0.115. The maximum Gasteiger partial charge on any atom is 0.251 e. The minimum Gasteiger partial charge on any atom is -0.349 e. The molecule has 5 aliphatic rings. The van der Waals surface area contributed by atoms with Gasteiger partial charge in [-0.1, -0.05) is 0 Å². The number of anilines is 1. The summed E-state index contributed by atoms with van der Waals surface area (Å²) < 4.78 is 0. The standard InChI is InChI=1S/C22H28N2O2S/c1-13(22-10-14-6-15(11-22)8-16(7-14)12-22)23-21(26)17-2-3-19-18(9-17)24-20(25)4-5-27-19/h2-3,9,13-16H,4-8,10-12H2,1H3,(H,23,26)(H,24,25). The van der Waals surface area contributed by atoms with Crippen molar-refractivity contribution in [1.82, 2.24) is 5.32 Å². The van der Waals surface area contributed by atoms with Crippen LogP contribution in [0, 0.1) is 23.2 Å². The molecule has 1 heterocycles. The van der Waals surface area contributed by atoms with Gasteiger partial charge in [0.1, 0.15) is 0 Å². The smallest absolute Gasteiger partial charge is 0.251 e. The lowest BCUT2D eigenvalue weighted by Gasteiger charge is -2.59. The number of carbonyl (C=O) groups is 2. The number of hydrogen-bond acceptors (Lipinski definition) is 3. The van der Waals surface area contributed by atoms with E-state index < -0.39 is 0 Å². The monoisotopic (exact) mass is 384 g/mol. The van der Waals surface area contributed by atoms with Gasteiger partial charge in [-0.3, -0.25) is 9.59 Å². The van der Waals surface area contributed by atoms with Crippen LogP contribution in [0.2, 0.25) is 0 Å². The molecular weight excluding hydrogens is 356 g/mol. The highest BCUT2D eigenvalue weighted by Gasteiger charge is 2.53. The average Bonchev–Trinajstić information content (AvgIpc) is 2.80. The highest BCUT2D eigenvalue weighted by molar-refractivity contribution is 7.99. The maximum atomic E-state index is 13.0. The van der Waals surface area contributed by atoms with E-state index >= 15 is 0 Å². The van der Waals surface area contributed by atoms with E-state index in [0.717, 1.165) is 34.1 Å². The van der Waals surface area contributed by atoms with Gasteiger partial charge in [0.15, 0.2) is 0 Å². The van der Waals surface area contributed by atoms with E-state index in [1.54, 1.807) is 11.8 Å². The van der Waals surface area contributed by atoms with Crippen LogP contribution in [0.5, 0.6) is 0 Å². The molecule has 0 radical (unpaired) electrons. The molecule has 4 aliphatic carbocycles. The third kappa shape index (κ3) is 3.18. The molecule has 1 aromatic rings. The molecule has 2 amide bonds. The third-order valence-corrected chi connectivity index (χ3v) is 8.53. The second-order valence-corrected chi connectivity index (χ2v) is 10.5. The van der Waals surface area contributed by atoms with Crippen molar-refractivity contribution < 1.29 is 9.59 Å². The van der Waals surface area contributed by atoms with Gasteiger partial charge in [0.2, 0.25) is 5.91 Å². The van der Waals surface area contributed by atoms with E-state index in [4.69, 9.17) is 0 Å². The Hall–Kier alpha value is -1.49. The zero-order chi connectivity index (χ0) is 18.6. The van der Waals surface area contributed by atoms with Gasteiger partial charge in [-0.25, -0.2) is 0 Å². The Labute approximate surface area is 165 Å². The van der Waals surface area contributed by atoms with E-state index in [9.17, 15) is 9.59 Å². The first-order chi connectivity index (χ1) is 13.0. The number of rotatable bonds is 3. The molecule has 1 aliphatic heterocycles. The average molecular weight is 385 g/mol. The van der Waals surface area contributed by atoms with Crippen molar-refractivity contribution in [1.29, 1.82) is 0 Å². The van der Waals surface area contributed by atoms with Crippen LogP contribution in [0.4, 0.5) is 5.69 Å². The highest BCUT2D eigenvalue weighted by atomic mass is 32.2. The molecule has 0 spiro atoms. The minimum atomic E-state index is -0.00968. The van der Waals surface area contributed by atoms with Gasteiger partial charge >= 0.3 is 0 Å². The molecule has 0 saturated heterocycles. The molecule has 2 N–H and O–H groups in total. The van der Waals surface area contributed by atoms with E-state index in [2.05, 4.69) is 17.6 Å². The van der Waals surface area contributed by atoms with Gasteiger partial charge in [-0.15, -0.1) is 11.8 Å². The molecule has 6 rings (SSSR count). The molecule has 0 aromatic heterocycles. The molecule has 1 unspecified atom stereocenters. The molecule has 1 atom stereocenters. The quantitative estimate of drug-likeness (QED) is 0.809. The zero-order valence-corrected chi connectivity index (χ0v) is 16.7. The van der Waals surface area contributed by atoms with Crippen LogP contribution in [0.1, 0.15) is 62.2 Å². The number of nitrogens with one attached hydrogen (secondary N) is 2. The van der Waals surface area contributed by atoms with Gasteiger partial charge in [0.25, 0.3) is 5.91 Å². The predicted octanol–water partition coefficient (Wildman–Crippen LogP) is 4.46. The second kappa shape index (κ2) is 6.54. The largest absolute Gasteiger partial charge is 0.349 e. The SMILES string of the molecule is CC(NC(=O)c1ccc2c(c1)NC(=O)CCS2)C12CC3CC(CC(C3)C1)C2. The second-order valence-electron chi connectivity index (χ2n) is 9.33. The highest BCUT2D eigenvalue weighted by Crippen LogP contribution is 2.61. The number of carbonyl (C=O) groups excluding carboxylic acids is 2. The van der Waals surface area contributed by atoms with Gasteiger partial charge in [0.05, 0.1) is 5.69 Å². The Bertz CT molecular complexity index is 755. The molecule has 4 saturated carbocycles. The van der Waals surface area contributed by atoms with Crippen LogP contribution in [0.25, 0.3) is 0 Å². The molecule has 4 fully saturated rings. The van der Waals surface area contributed by atoms with Crippen molar-refractivity contribution in [3.8, 4) is 0 Å². The molecule has 4 nitrogen and oxygen atoms in total. The Morgan fingerprint density at radius 3 is 2.52 bits per heavy atom. The van der Waals surface area contributed by atoms with Crippen molar-refractivity contribution in [3.63, 3.8) is 0 Å². The minimum absolute atomic E-state index is 0.00968. The van der Waals surface area contributed by atoms with Crippen molar-refractivity contribution >= 4 is 29.3 Å². The number of hydrogen-bond donors (Lipinski definition) is 2. The molecular formula is C22H28N2O2S. The van der Waals surface area contributed by atoms with Crippen LogP contribution in [0.3, 0.4) is 0 Å². The van der Waals surface area contributed by atoms with E-state index in [1.165, 1.54) is 38.5 Å². The summed E-state index contributed by atoms with van der Waals surface area (Å²) >= 11 is 1.67. The lowest BCUT2D eigenvalue weighted by atomic mass is 9.48. The Morgan fingerprint density at radius 1 is 1.19 bits per heavy atom. The van der Waals surface area contributed by atoms with Gasteiger partial charge in [-0.05, 0) is 86.8 Å². The first-order valence-electron chi connectivity index (χ1n) is 10.4. The van der Waals surface area contributed by atoms with E-state index in [1.807, 2.05) is 18.2 Å². The lowest BCUT2D eigenvalue weighted by Crippen LogP contribution is -2.55. The number of thioether (sulfide) groups is 1. The summed E-state index contributed by atoms with van der Waals surface area (Å²) in [6, 6.07) is 5.91. The summed E-state index contributed by atoms with van der Waals surface area (Å²) in [7, 11) is 0. The number of benzene rings is 1. The molecule has 27 heavy (non-hydrogen) atoms. The summed E-state index contributed by atoms with van der Waals surface area (Å²) in [6.45, 7) is 2.21. The fraction of sp³-hybridized carbons (Fsp3) is 0.636. The van der Waals surface area contributed by atoms with Crippen LogP contribution in [-0.2, 0) is 4.79 Å². The Kier molecular flexibility index (Phi) is 4.26. The maximum absolute atomic E-state index is 13.0. The first kappa shape index (κ1) is 17.6. The fourth-order valence-corrected chi connectivity index (χ4v) is 7.44. The topological polar surface area (TPSA) is 58.2 Å². The fourth-order valence-electron chi connectivity index (χ4n) is 6.50. The summed E-state index contributed by atoms with van der Waals surface area (Å²) in [5, 5.41) is 6.27. The number of fused-ring (bicyclic) bond motifs is 1. The van der Waals surface area contributed by atoms with Gasteiger partial charge in [0, 0.05) is 28.7 Å². The third-order valence-electron chi connectivity index (χ3n) is 7.45. The van der Waals surface area contributed by atoms with Crippen molar-refractivity contribution in [2.75, 3.05) is 11.1 Å². The Morgan fingerprint density at radius 2 is 1.85 bits per heavy atom. The normalized spacial score (nSPS) is 35.1. The summed E-state index contributed by atoms with van der Waals surface area (Å²) in [5.74, 6) is 3.46. The summed E-state index contributed by atoms with van der Waals surface area (Å²) in [6.07, 6.45) is 8.64. The summed E-state index contributed by atoms with van der Waals surface area (Å²) in [4.78, 5) is 25.9. The molecule has 5 heteroatoms. The van der Waals surface area contributed by atoms with Crippen LogP contribution >= 0.6 is 11.8 Å². The number of amides is 2. The van der Waals surface area contributed by atoms with Crippen molar-refractivity contribution in [2.45, 2.75) is 62.8 Å². The molecule has 1 aromatic carbocycles.